The van der Waals surface area contributed by atoms with Gasteiger partial charge in [-0.05, 0) is 45.2 Å². The lowest BCUT2D eigenvalue weighted by molar-refractivity contribution is -0.139. The van der Waals surface area contributed by atoms with E-state index in [1.54, 1.807) is 18.2 Å². The largest absolute Gasteiger partial charge is 0.493 e. The molecule has 2 amide bonds. The van der Waals surface area contributed by atoms with Crippen LogP contribution in [0.1, 0.15) is 43.5 Å². The second kappa shape index (κ2) is 7.35. The fourth-order valence-corrected chi connectivity index (χ4v) is 3.14. The van der Waals surface area contributed by atoms with Crippen molar-refractivity contribution in [1.82, 2.24) is 4.90 Å². The Kier molecular flexibility index (Phi) is 5.47. The normalized spacial score (nSPS) is 20.9. The molecule has 23 heavy (non-hydrogen) atoms. The molecule has 1 aliphatic rings. The van der Waals surface area contributed by atoms with Crippen molar-refractivity contribution in [3.05, 3.63) is 23.8 Å². The Hall–Kier alpha value is -2.24. The van der Waals surface area contributed by atoms with Crippen LogP contribution in [-0.2, 0) is 4.79 Å². The van der Waals surface area contributed by atoms with Crippen molar-refractivity contribution in [2.75, 3.05) is 13.7 Å². The van der Waals surface area contributed by atoms with E-state index >= 15 is 0 Å². The van der Waals surface area contributed by atoms with Gasteiger partial charge in [-0.15, -0.1) is 0 Å². The third-order valence-electron chi connectivity index (χ3n) is 4.29. The number of hydrogen-bond donors (Lipinski definition) is 1. The lowest BCUT2D eigenvalue weighted by atomic mass is 9.97. The van der Waals surface area contributed by atoms with Gasteiger partial charge in [0.05, 0.1) is 12.7 Å². The van der Waals surface area contributed by atoms with E-state index in [1.807, 2.05) is 18.7 Å². The molecule has 2 N–H and O–H groups in total. The van der Waals surface area contributed by atoms with E-state index in [0.29, 0.717) is 5.75 Å². The highest BCUT2D eigenvalue weighted by Gasteiger charge is 2.29. The monoisotopic (exact) mass is 320 g/mol. The van der Waals surface area contributed by atoms with Gasteiger partial charge in [0.25, 0.3) is 11.8 Å². The Morgan fingerprint density at radius 2 is 1.91 bits per heavy atom. The van der Waals surface area contributed by atoms with Crippen molar-refractivity contribution in [1.29, 1.82) is 0 Å². The zero-order valence-electron chi connectivity index (χ0n) is 13.9. The summed E-state index contributed by atoms with van der Waals surface area (Å²) in [6.45, 7) is 3.95. The second-order valence-electron chi connectivity index (χ2n) is 5.92. The first-order valence-electron chi connectivity index (χ1n) is 7.86. The van der Waals surface area contributed by atoms with Gasteiger partial charge in [-0.1, -0.05) is 6.07 Å². The predicted octanol–water partition coefficient (Wildman–Crippen LogP) is 1.96. The van der Waals surface area contributed by atoms with Gasteiger partial charge < -0.3 is 20.1 Å². The summed E-state index contributed by atoms with van der Waals surface area (Å²) >= 11 is 0. The van der Waals surface area contributed by atoms with Crippen LogP contribution < -0.4 is 15.2 Å². The van der Waals surface area contributed by atoms with Gasteiger partial charge in [0.15, 0.2) is 18.1 Å². The van der Waals surface area contributed by atoms with E-state index < -0.39 is 5.91 Å². The van der Waals surface area contributed by atoms with Crippen LogP contribution in [0.3, 0.4) is 0 Å². The minimum Gasteiger partial charge on any atom is -0.493 e. The van der Waals surface area contributed by atoms with Crippen LogP contribution in [0.4, 0.5) is 0 Å². The number of benzene rings is 1. The van der Waals surface area contributed by atoms with Gasteiger partial charge in [0.1, 0.15) is 0 Å². The van der Waals surface area contributed by atoms with Crippen LogP contribution in [0, 0.1) is 0 Å². The zero-order valence-corrected chi connectivity index (χ0v) is 13.9. The molecule has 6 heteroatoms. The second-order valence-corrected chi connectivity index (χ2v) is 5.92. The number of para-hydroxylation sites is 1. The Morgan fingerprint density at radius 1 is 1.26 bits per heavy atom. The van der Waals surface area contributed by atoms with Crippen LogP contribution in [0.25, 0.3) is 0 Å². The zero-order chi connectivity index (χ0) is 17.0. The first kappa shape index (κ1) is 17.1. The summed E-state index contributed by atoms with van der Waals surface area (Å²) in [4.78, 5) is 25.9. The minimum absolute atomic E-state index is 0.0916. The summed E-state index contributed by atoms with van der Waals surface area (Å²) in [5, 5.41) is 0. The highest BCUT2D eigenvalue weighted by molar-refractivity contribution is 5.96. The SMILES string of the molecule is COc1cccc(C(N)=O)c1OCC(=O)N1[C@H](C)CCC[C@@H]1C. The molecule has 6 nitrogen and oxygen atoms in total. The number of primary amides is 1. The van der Waals surface area contributed by atoms with Crippen LogP contribution in [0.15, 0.2) is 18.2 Å². The number of carbonyl (C=O) groups is 2. The third kappa shape index (κ3) is 3.75. The molecule has 1 aliphatic heterocycles. The average Bonchev–Trinajstić information content (AvgIpc) is 2.52. The van der Waals surface area contributed by atoms with Gasteiger partial charge in [-0.3, -0.25) is 9.59 Å². The third-order valence-corrected chi connectivity index (χ3v) is 4.29. The van der Waals surface area contributed by atoms with Gasteiger partial charge in [0, 0.05) is 12.1 Å². The maximum Gasteiger partial charge on any atom is 0.260 e. The highest BCUT2D eigenvalue weighted by Crippen LogP contribution is 2.31. The van der Waals surface area contributed by atoms with E-state index in [4.69, 9.17) is 15.2 Å². The standard InChI is InChI=1S/C17H24N2O4/c1-11-6-4-7-12(2)19(11)15(20)10-23-16-13(17(18)21)8-5-9-14(16)22-3/h5,8-9,11-12H,4,6-7,10H2,1-3H3,(H2,18,21)/t11-,12+. The molecule has 0 radical (unpaired) electrons. The number of rotatable bonds is 5. The fourth-order valence-electron chi connectivity index (χ4n) is 3.14. The van der Waals surface area contributed by atoms with Crippen molar-refractivity contribution in [3.8, 4) is 11.5 Å². The summed E-state index contributed by atoms with van der Waals surface area (Å²) in [6, 6.07) is 5.27. The lowest BCUT2D eigenvalue weighted by Crippen LogP contribution is -2.49. The summed E-state index contributed by atoms with van der Waals surface area (Å²) in [7, 11) is 1.48. The molecular weight excluding hydrogens is 296 g/mol. The van der Waals surface area contributed by atoms with Gasteiger partial charge in [0.2, 0.25) is 0 Å². The predicted molar refractivity (Wildman–Crippen MR) is 86.6 cm³/mol. The van der Waals surface area contributed by atoms with Crippen molar-refractivity contribution < 1.29 is 19.1 Å². The molecule has 2 rings (SSSR count). The van der Waals surface area contributed by atoms with Crippen molar-refractivity contribution in [2.45, 2.75) is 45.2 Å². The van der Waals surface area contributed by atoms with Gasteiger partial charge in [-0.2, -0.15) is 0 Å². The molecular formula is C17H24N2O4. The van der Waals surface area contributed by atoms with Crippen LogP contribution >= 0.6 is 0 Å². The highest BCUT2D eigenvalue weighted by atomic mass is 16.5. The molecule has 0 saturated carbocycles. The molecule has 1 aromatic rings. The number of likely N-dealkylation sites (tertiary alicyclic amines) is 1. The number of piperidine rings is 1. The molecule has 0 unspecified atom stereocenters. The number of amides is 2. The number of ether oxygens (including phenoxy) is 2. The Labute approximate surface area is 136 Å². The van der Waals surface area contributed by atoms with Gasteiger partial charge >= 0.3 is 0 Å². The number of nitrogens with two attached hydrogens (primary N) is 1. The van der Waals surface area contributed by atoms with Crippen molar-refractivity contribution in [3.63, 3.8) is 0 Å². The molecule has 0 bridgehead atoms. The molecule has 0 spiro atoms. The lowest BCUT2D eigenvalue weighted by Gasteiger charge is -2.39. The van der Waals surface area contributed by atoms with Crippen LogP contribution in [0.2, 0.25) is 0 Å². The number of carbonyl (C=O) groups excluding carboxylic acids is 2. The molecule has 0 aliphatic carbocycles. The van der Waals surface area contributed by atoms with Gasteiger partial charge in [-0.25, -0.2) is 0 Å². The van der Waals surface area contributed by atoms with E-state index in [1.165, 1.54) is 7.11 Å². The minimum atomic E-state index is -0.619. The Bertz CT molecular complexity index is 578. The molecule has 2 atom stereocenters. The first-order chi connectivity index (χ1) is 11.0. The van der Waals surface area contributed by atoms with E-state index in [-0.39, 0.29) is 35.9 Å². The average molecular weight is 320 g/mol. The summed E-state index contributed by atoms with van der Waals surface area (Å²) < 4.78 is 10.8. The maximum absolute atomic E-state index is 12.5. The van der Waals surface area contributed by atoms with Crippen LogP contribution in [0.5, 0.6) is 11.5 Å². The summed E-state index contributed by atoms with van der Waals surface area (Å²) in [6.07, 6.45) is 3.12. The molecule has 1 heterocycles. The quantitative estimate of drug-likeness (QED) is 0.899. The molecule has 1 aromatic carbocycles. The number of hydrogen-bond acceptors (Lipinski definition) is 4. The van der Waals surface area contributed by atoms with Crippen LogP contribution in [-0.4, -0.2) is 42.5 Å². The van der Waals surface area contributed by atoms with E-state index in [0.717, 1.165) is 19.3 Å². The van der Waals surface area contributed by atoms with E-state index in [2.05, 4.69) is 0 Å². The molecule has 126 valence electrons. The van der Waals surface area contributed by atoms with Crippen molar-refractivity contribution >= 4 is 11.8 Å². The maximum atomic E-state index is 12.5. The first-order valence-corrected chi connectivity index (χ1v) is 7.86. The number of nitrogens with zero attached hydrogens (tertiary/aromatic N) is 1. The molecule has 1 saturated heterocycles. The van der Waals surface area contributed by atoms with Crippen molar-refractivity contribution in [2.24, 2.45) is 5.73 Å². The molecule has 0 aromatic heterocycles. The fraction of sp³-hybridized carbons (Fsp3) is 0.529. The summed E-state index contributed by atoms with van der Waals surface area (Å²) in [5.74, 6) is -0.112. The topological polar surface area (TPSA) is 81.9 Å². The van der Waals surface area contributed by atoms with E-state index in [9.17, 15) is 9.59 Å². The number of methoxy groups -OCH3 is 1. The Morgan fingerprint density at radius 3 is 2.48 bits per heavy atom. The smallest absolute Gasteiger partial charge is 0.260 e. The Balaban J connectivity index is 2.14. The molecule has 1 fully saturated rings. The summed E-state index contributed by atoms with van der Waals surface area (Å²) in [5.41, 5.74) is 5.57.